The molecule has 2 aromatic rings. The van der Waals surface area contributed by atoms with Gasteiger partial charge in [-0.15, -0.1) is 0 Å². The maximum Gasteiger partial charge on any atom is 0.416 e. The van der Waals surface area contributed by atoms with Crippen molar-refractivity contribution >= 4 is 15.8 Å². The summed E-state index contributed by atoms with van der Waals surface area (Å²) >= 11 is 0. The maximum atomic E-state index is 12.5. The van der Waals surface area contributed by atoms with Crippen molar-refractivity contribution in [3.8, 4) is 0 Å². The number of benzene rings is 2. The molecular formula is C17H16F3NO3S. The van der Waals surface area contributed by atoms with Crippen LogP contribution in [0.1, 0.15) is 27.9 Å². The summed E-state index contributed by atoms with van der Waals surface area (Å²) in [6, 6.07) is 10.2. The number of ketones is 1. The van der Waals surface area contributed by atoms with Crippen LogP contribution in [0.25, 0.3) is 0 Å². The molecule has 0 amide bonds. The zero-order chi connectivity index (χ0) is 18.7. The summed E-state index contributed by atoms with van der Waals surface area (Å²) in [5.74, 6) is -0.215. The third-order valence-electron chi connectivity index (χ3n) is 3.68. The number of carbonyl (C=O) groups excluding carboxylic acids is 1. The van der Waals surface area contributed by atoms with Crippen LogP contribution in [-0.4, -0.2) is 21.2 Å². The number of hydrogen-bond donors (Lipinski definition) is 1. The Morgan fingerprint density at radius 1 is 1.00 bits per heavy atom. The Balaban J connectivity index is 2.01. The molecule has 0 saturated heterocycles. The number of rotatable bonds is 6. The van der Waals surface area contributed by atoms with Crippen molar-refractivity contribution in [2.45, 2.75) is 23.9 Å². The predicted octanol–water partition coefficient (Wildman–Crippen LogP) is 3.43. The minimum absolute atomic E-state index is 0.0503. The number of sulfonamides is 1. The van der Waals surface area contributed by atoms with Gasteiger partial charge in [0.1, 0.15) is 0 Å². The first kappa shape index (κ1) is 19.1. The molecule has 8 heteroatoms. The molecule has 0 aliphatic heterocycles. The quantitative estimate of drug-likeness (QED) is 0.792. The van der Waals surface area contributed by atoms with Gasteiger partial charge in [-0.2, -0.15) is 13.2 Å². The van der Waals surface area contributed by atoms with E-state index in [0.29, 0.717) is 17.5 Å². The molecule has 0 atom stereocenters. The third-order valence-corrected chi connectivity index (χ3v) is 5.11. The molecule has 0 saturated carbocycles. The topological polar surface area (TPSA) is 63.2 Å². The fourth-order valence-corrected chi connectivity index (χ4v) is 2.93. The first-order valence-electron chi connectivity index (χ1n) is 7.36. The highest BCUT2D eigenvalue weighted by atomic mass is 32.2. The van der Waals surface area contributed by atoms with Gasteiger partial charge in [0.15, 0.2) is 5.78 Å². The zero-order valence-corrected chi connectivity index (χ0v) is 14.1. The lowest BCUT2D eigenvalue weighted by Gasteiger charge is -2.08. The molecular weight excluding hydrogens is 355 g/mol. The van der Waals surface area contributed by atoms with Gasteiger partial charge < -0.3 is 0 Å². The highest BCUT2D eigenvalue weighted by Crippen LogP contribution is 2.29. The van der Waals surface area contributed by atoms with E-state index in [4.69, 9.17) is 0 Å². The molecule has 2 rings (SSSR count). The standard InChI is InChI=1S/C17H16F3NO3S/c1-21-25(23,24)15-9-5-13(6-10-15)16(22)11-4-12-2-7-14(8-3-12)17(18,19)20/h2-3,5-10,21H,4,11H2,1H3. The summed E-state index contributed by atoms with van der Waals surface area (Å²) in [6.07, 6.45) is -3.97. The second-order valence-corrected chi connectivity index (χ2v) is 7.24. The summed E-state index contributed by atoms with van der Waals surface area (Å²) in [4.78, 5) is 12.2. The number of Topliss-reactive ketones (excluding diaryl/α,β-unsaturated/α-hetero) is 1. The van der Waals surface area contributed by atoms with Gasteiger partial charge >= 0.3 is 6.18 Å². The van der Waals surface area contributed by atoms with Gasteiger partial charge in [-0.3, -0.25) is 4.79 Å². The number of hydrogen-bond acceptors (Lipinski definition) is 3. The Morgan fingerprint density at radius 2 is 1.56 bits per heavy atom. The Kier molecular flexibility index (Phi) is 5.64. The molecule has 25 heavy (non-hydrogen) atoms. The highest BCUT2D eigenvalue weighted by Gasteiger charge is 2.29. The summed E-state index contributed by atoms with van der Waals surface area (Å²) in [6.45, 7) is 0. The molecule has 0 fully saturated rings. The van der Waals surface area contributed by atoms with Gasteiger partial charge in [-0.1, -0.05) is 24.3 Å². The van der Waals surface area contributed by atoms with Crippen molar-refractivity contribution in [1.82, 2.24) is 4.72 Å². The van der Waals surface area contributed by atoms with E-state index in [1.807, 2.05) is 0 Å². The normalized spacial score (nSPS) is 12.2. The number of halogens is 3. The lowest BCUT2D eigenvalue weighted by atomic mass is 10.0. The van der Waals surface area contributed by atoms with E-state index in [2.05, 4.69) is 4.72 Å². The smallest absolute Gasteiger partial charge is 0.294 e. The van der Waals surface area contributed by atoms with Crippen molar-refractivity contribution in [3.05, 3.63) is 65.2 Å². The van der Waals surface area contributed by atoms with E-state index in [1.165, 1.54) is 43.4 Å². The molecule has 0 aliphatic rings. The number of aryl methyl sites for hydroxylation is 1. The Hall–Kier alpha value is -2.19. The van der Waals surface area contributed by atoms with Gasteiger partial charge in [0.2, 0.25) is 10.0 Å². The average Bonchev–Trinajstić information content (AvgIpc) is 2.59. The van der Waals surface area contributed by atoms with Crippen molar-refractivity contribution in [1.29, 1.82) is 0 Å². The SMILES string of the molecule is CNS(=O)(=O)c1ccc(C(=O)CCc2ccc(C(F)(F)F)cc2)cc1. The number of nitrogens with one attached hydrogen (secondary N) is 1. The second kappa shape index (κ2) is 7.37. The van der Waals surface area contributed by atoms with E-state index in [0.717, 1.165) is 12.1 Å². The monoisotopic (exact) mass is 371 g/mol. The van der Waals surface area contributed by atoms with Crippen LogP contribution in [0.4, 0.5) is 13.2 Å². The molecule has 0 radical (unpaired) electrons. The number of carbonyl (C=O) groups is 1. The van der Waals surface area contributed by atoms with Crippen LogP contribution in [-0.2, 0) is 22.6 Å². The van der Waals surface area contributed by atoms with E-state index < -0.39 is 21.8 Å². The fraction of sp³-hybridized carbons (Fsp3) is 0.235. The molecule has 0 spiro atoms. The van der Waals surface area contributed by atoms with Crippen molar-refractivity contribution in [2.75, 3.05) is 7.05 Å². The molecule has 2 aromatic carbocycles. The Bertz CT molecular complexity index is 842. The van der Waals surface area contributed by atoms with Gasteiger partial charge in [-0.05, 0) is 43.3 Å². The Morgan fingerprint density at radius 3 is 2.04 bits per heavy atom. The van der Waals surface area contributed by atoms with E-state index in [9.17, 15) is 26.4 Å². The fourth-order valence-electron chi connectivity index (χ4n) is 2.20. The van der Waals surface area contributed by atoms with Gasteiger partial charge in [0.05, 0.1) is 10.5 Å². The van der Waals surface area contributed by atoms with Crippen LogP contribution in [0.5, 0.6) is 0 Å². The molecule has 0 heterocycles. The van der Waals surface area contributed by atoms with Gasteiger partial charge in [-0.25, -0.2) is 13.1 Å². The van der Waals surface area contributed by atoms with Crippen LogP contribution in [0.3, 0.4) is 0 Å². The summed E-state index contributed by atoms with van der Waals surface area (Å²) in [7, 11) is -2.28. The van der Waals surface area contributed by atoms with Gasteiger partial charge in [0.25, 0.3) is 0 Å². The average molecular weight is 371 g/mol. The zero-order valence-electron chi connectivity index (χ0n) is 13.3. The highest BCUT2D eigenvalue weighted by molar-refractivity contribution is 7.89. The molecule has 1 N–H and O–H groups in total. The summed E-state index contributed by atoms with van der Waals surface area (Å²) in [5, 5.41) is 0. The third kappa shape index (κ3) is 4.90. The van der Waals surface area contributed by atoms with Crippen LogP contribution < -0.4 is 4.72 Å². The second-order valence-electron chi connectivity index (χ2n) is 5.35. The van der Waals surface area contributed by atoms with Crippen LogP contribution >= 0.6 is 0 Å². The molecule has 4 nitrogen and oxygen atoms in total. The molecule has 0 unspecified atom stereocenters. The van der Waals surface area contributed by atoms with E-state index >= 15 is 0 Å². The first-order chi connectivity index (χ1) is 11.6. The molecule has 0 aromatic heterocycles. The molecule has 0 bridgehead atoms. The predicted molar refractivity (Wildman–Crippen MR) is 86.8 cm³/mol. The summed E-state index contributed by atoms with van der Waals surface area (Å²) < 4.78 is 62.9. The van der Waals surface area contributed by atoms with Crippen LogP contribution in [0, 0.1) is 0 Å². The van der Waals surface area contributed by atoms with Gasteiger partial charge in [0, 0.05) is 12.0 Å². The maximum absolute atomic E-state index is 12.5. The molecule has 134 valence electrons. The van der Waals surface area contributed by atoms with Crippen LogP contribution in [0.2, 0.25) is 0 Å². The van der Waals surface area contributed by atoms with Crippen molar-refractivity contribution in [3.63, 3.8) is 0 Å². The number of alkyl halides is 3. The largest absolute Gasteiger partial charge is 0.416 e. The first-order valence-corrected chi connectivity index (χ1v) is 8.85. The minimum atomic E-state index is -4.39. The lowest BCUT2D eigenvalue weighted by molar-refractivity contribution is -0.137. The van der Waals surface area contributed by atoms with Crippen LogP contribution in [0.15, 0.2) is 53.4 Å². The Labute approximate surface area is 143 Å². The van der Waals surface area contributed by atoms with E-state index in [-0.39, 0.29) is 17.1 Å². The summed E-state index contributed by atoms with van der Waals surface area (Å²) in [5.41, 5.74) is 0.238. The van der Waals surface area contributed by atoms with Crippen molar-refractivity contribution < 1.29 is 26.4 Å². The van der Waals surface area contributed by atoms with E-state index in [1.54, 1.807) is 0 Å². The van der Waals surface area contributed by atoms with Crippen molar-refractivity contribution in [2.24, 2.45) is 0 Å². The lowest BCUT2D eigenvalue weighted by Crippen LogP contribution is -2.18. The minimum Gasteiger partial charge on any atom is -0.294 e. The molecule has 0 aliphatic carbocycles.